The minimum Gasteiger partial charge on any atom is -0.317 e. The van der Waals surface area contributed by atoms with Crippen molar-refractivity contribution in [3.8, 4) is 0 Å². The third-order valence-electron chi connectivity index (χ3n) is 2.40. The molecule has 0 N–H and O–H groups in total. The van der Waals surface area contributed by atoms with Gasteiger partial charge in [0.1, 0.15) is 5.82 Å². The van der Waals surface area contributed by atoms with Gasteiger partial charge in [0.15, 0.2) is 0 Å². The van der Waals surface area contributed by atoms with Gasteiger partial charge in [0, 0.05) is 28.7 Å². The molecule has 2 rings (SSSR count). The summed E-state index contributed by atoms with van der Waals surface area (Å²) in [5.74, 6) is -0.391. The number of halogens is 2. The average Bonchev–Trinajstić information content (AvgIpc) is 2.71. The average molecular weight is 333 g/mol. The van der Waals surface area contributed by atoms with Gasteiger partial charge in [-0.1, -0.05) is 22.0 Å². The maximum absolute atomic E-state index is 13.7. The minimum absolute atomic E-state index is 0.0716. The minimum atomic E-state index is -3.42. The molecule has 0 spiro atoms. The van der Waals surface area contributed by atoms with E-state index in [1.165, 1.54) is 23.0 Å². The zero-order valence-corrected chi connectivity index (χ0v) is 11.9. The summed E-state index contributed by atoms with van der Waals surface area (Å²) in [6.45, 7) is 0.107. The summed E-state index contributed by atoms with van der Waals surface area (Å²) in [4.78, 5) is 3.78. The first kappa shape index (κ1) is 13.2. The number of benzene rings is 1. The molecular weight excluding hydrogens is 323 g/mol. The lowest BCUT2D eigenvalue weighted by molar-refractivity contribution is 0.564. The molecule has 0 unspecified atom stereocenters. The molecule has 0 fully saturated rings. The predicted molar refractivity (Wildman–Crippen MR) is 68.5 cm³/mol. The van der Waals surface area contributed by atoms with Gasteiger partial charge in [-0.25, -0.2) is 17.8 Å². The number of imidazole rings is 1. The lowest BCUT2D eigenvalue weighted by atomic mass is 10.2. The SMILES string of the molecule is CS(=O)(=O)c1nccn1Cc1c(F)cccc1Br. The predicted octanol–water partition coefficient (Wildman–Crippen LogP) is 2.24. The van der Waals surface area contributed by atoms with Crippen LogP contribution in [0.3, 0.4) is 0 Å². The molecule has 1 aromatic carbocycles. The standard InChI is InChI=1S/C11H10BrFN2O2S/c1-18(16,17)11-14-5-6-15(11)7-8-9(12)3-2-4-10(8)13/h2-6H,7H2,1H3. The van der Waals surface area contributed by atoms with Crippen LogP contribution in [0.2, 0.25) is 0 Å². The summed E-state index contributed by atoms with van der Waals surface area (Å²) in [6.07, 6.45) is 3.96. The van der Waals surface area contributed by atoms with Crippen LogP contribution in [0, 0.1) is 5.82 Å². The summed E-state index contributed by atoms with van der Waals surface area (Å²) < 4.78 is 38.6. The summed E-state index contributed by atoms with van der Waals surface area (Å²) in [6, 6.07) is 4.61. The fourth-order valence-corrected chi connectivity index (χ4v) is 2.87. The number of aromatic nitrogens is 2. The van der Waals surface area contributed by atoms with Crippen molar-refractivity contribution < 1.29 is 12.8 Å². The molecule has 1 heterocycles. The van der Waals surface area contributed by atoms with Crippen LogP contribution in [0.25, 0.3) is 0 Å². The van der Waals surface area contributed by atoms with Crippen LogP contribution < -0.4 is 0 Å². The monoisotopic (exact) mass is 332 g/mol. The zero-order chi connectivity index (χ0) is 13.3. The van der Waals surface area contributed by atoms with Crippen LogP contribution >= 0.6 is 15.9 Å². The Morgan fingerprint density at radius 3 is 2.78 bits per heavy atom. The van der Waals surface area contributed by atoms with E-state index in [-0.39, 0.29) is 11.7 Å². The second-order valence-corrected chi connectivity index (χ2v) is 6.57. The van der Waals surface area contributed by atoms with Gasteiger partial charge in [-0.15, -0.1) is 0 Å². The fourth-order valence-electron chi connectivity index (χ4n) is 1.60. The van der Waals surface area contributed by atoms with Gasteiger partial charge in [0.05, 0.1) is 6.54 Å². The van der Waals surface area contributed by atoms with Crippen molar-refractivity contribution in [3.63, 3.8) is 0 Å². The second-order valence-electron chi connectivity index (χ2n) is 3.81. The van der Waals surface area contributed by atoms with E-state index in [1.54, 1.807) is 12.1 Å². The Labute approximate surface area is 113 Å². The smallest absolute Gasteiger partial charge is 0.227 e. The van der Waals surface area contributed by atoms with E-state index in [4.69, 9.17) is 0 Å². The lowest BCUT2D eigenvalue weighted by Crippen LogP contribution is -2.10. The quantitative estimate of drug-likeness (QED) is 0.866. The zero-order valence-electron chi connectivity index (χ0n) is 9.47. The fraction of sp³-hybridized carbons (Fsp3) is 0.182. The van der Waals surface area contributed by atoms with Crippen molar-refractivity contribution in [2.75, 3.05) is 6.26 Å². The Bertz CT molecular complexity index is 662. The number of sulfone groups is 1. The maximum atomic E-state index is 13.7. The molecule has 0 radical (unpaired) electrons. The summed E-state index contributed by atoms with van der Waals surface area (Å²) in [5, 5.41) is -0.0716. The van der Waals surface area contributed by atoms with E-state index in [0.29, 0.717) is 10.0 Å². The largest absolute Gasteiger partial charge is 0.317 e. The summed E-state index contributed by atoms with van der Waals surface area (Å²) in [7, 11) is -3.42. The molecular formula is C11H10BrFN2O2S. The van der Waals surface area contributed by atoms with Crippen molar-refractivity contribution in [1.82, 2.24) is 9.55 Å². The first-order valence-corrected chi connectivity index (χ1v) is 7.72. The molecule has 0 saturated heterocycles. The summed E-state index contributed by atoms with van der Waals surface area (Å²) in [5.41, 5.74) is 0.389. The van der Waals surface area contributed by atoms with E-state index >= 15 is 0 Å². The summed E-state index contributed by atoms with van der Waals surface area (Å²) >= 11 is 3.24. The third-order valence-corrected chi connectivity index (χ3v) is 4.15. The molecule has 0 bridgehead atoms. The molecule has 0 aliphatic carbocycles. The number of hydrogen-bond acceptors (Lipinski definition) is 3. The Kier molecular flexibility index (Phi) is 3.54. The van der Waals surface area contributed by atoms with E-state index in [9.17, 15) is 12.8 Å². The first-order chi connectivity index (χ1) is 8.39. The van der Waals surface area contributed by atoms with Gasteiger partial charge in [0.25, 0.3) is 0 Å². The molecule has 7 heteroatoms. The highest BCUT2D eigenvalue weighted by Gasteiger charge is 2.16. The Balaban J connectivity index is 2.45. The van der Waals surface area contributed by atoms with Crippen molar-refractivity contribution in [1.29, 1.82) is 0 Å². The molecule has 96 valence electrons. The molecule has 2 aromatic rings. The number of hydrogen-bond donors (Lipinski definition) is 0. The van der Waals surface area contributed by atoms with Crippen LogP contribution in [0.5, 0.6) is 0 Å². The van der Waals surface area contributed by atoms with Gasteiger partial charge in [-0.2, -0.15) is 0 Å². The first-order valence-electron chi connectivity index (χ1n) is 5.03. The van der Waals surface area contributed by atoms with Gasteiger partial charge >= 0.3 is 0 Å². The molecule has 18 heavy (non-hydrogen) atoms. The van der Waals surface area contributed by atoms with Gasteiger partial charge in [-0.3, -0.25) is 0 Å². The van der Waals surface area contributed by atoms with E-state index in [0.717, 1.165) is 6.26 Å². The Morgan fingerprint density at radius 2 is 2.17 bits per heavy atom. The topological polar surface area (TPSA) is 52.0 Å². The normalized spacial score (nSPS) is 11.7. The molecule has 4 nitrogen and oxygen atoms in total. The second kappa shape index (κ2) is 4.81. The van der Waals surface area contributed by atoms with Crippen LogP contribution in [-0.2, 0) is 16.4 Å². The number of nitrogens with zero attached hydrogens (tertiary/aromatic N) is 2. The highest BCUT2D eigenvalue weighted by Crippen LogP contribution is 2.21. The van der Waals surface area contributed by atoms with Gasteiger partial charge in [-0.05, 0) is 12.1 Å². The Hall–Kier alpha value is -1.21. The van der Waals surface area contributed by atoms with Gasteiger partial charge in [0.2, 0.25) is 15.0 Å². The highest BCUT2D eigenvalue weighted by molar-refractivity contribution is 9.10. The van der Waals surface area contributed by atoms with E-state index in [2.05, 4.69) is 20.9 Å². The van der Waals surface area contributed by atoms with Crippen LogP contribution in [0.1, 0.15) is 5.56 Å². The van der Waals surface area contributed by atoms with E-state index in [1.807, 2.05) is 0 Å². The molecule has 0 aliphatic heterocycles. The van der Waals surface area contributed by atoms with Crippen molar-refractivity contribution in [2.45, 2.75) is 11.7 Å². The maximum Gasteiger partial charge on any atom is 0.227 e. The molecule has 1 aromatic heterocycles. The van der Waals surface area contributed by atoms with E-state index < -0.39 is 15.7 Å². The van der Waals surface area contributed by atoms with Gasteiger partial charge < -0.3 is 4.57 Å². The van der Waals surface area contributed by atoms with Crippen LogP contribution in [0.15, 0.2) is 40.2 Å². The number of rotatable bonds is 3. The molecule has 0 saturated carbocycles. The molecule has 0 atom stereocenters. The van der Waals surface area contributed by atoms with Crippen LogP contribution in [0.4, 0.5) is 4.39 Å². The lowest BCUT2D eigenvalue weighted by Gasteiger charge is -2.09. The third kappa shape index (κ3) is 2.62. The highest BCUT2D eigenvalue weighted by atomic mass is 79.9. The van der Waals surface area contributed by atoms with Crippen molar-refractivity contribution in [3.05, 3.63) is 46.4 Å². The molecule has 0 aliphatic rings. The molecule has 0 amide bonds. The van der Waals surface area contributed by atoms with Crippen molar-refractivity contribution in [2.24, 2.45) is 0 Å². The Morgan fingerprint density at radius 1 is 1.44 bits per heavy atom. The van der Waals surface area contributed by atoms with Crippen molar-refractivity contribution >= 4 is 25.8 Å². The van der Waals surface area contributed by atoms with Crippen LogP contribution in [-0.4, -0.2) is 24.2 Å².